The summed E-state index contributed by atoms with van der Waals surface area (Å²) >= 11 is 2.38. The fourth-order valence-corrected chi connectivity index (χ4v) is 15.3. The number of sulfonamides is 2. The van der Waals surface area contributed by atoms with Crippen LogP contribution in [-0.2, 0) is 83.8 Å². The molecule has 4 aliphatic heterocycles. The molecule has 0 radical (unpaired) electrons. The summed E-state index contributed by atoms with van der Waals surface area (Å²) in [5, 5.41) is 39.8. The molecule has 0 aliphatic carbocycles. The minimum Gasteiger partial charge on any atom is -1.00 e. The summed E-state index contributed by atoms with van der Waals surface area (Å²) in [5.41, 5.74) is 1.41. The number of thiophene rings is 2. The molecule has 8 rings (SSSR count). The van der Waals surface area contributed by atoms with Crippen molar-refractivity contribution in [2.45, 2.75) is 112 Å². The first-order chi connectivity index (χ1) is 40.6. The standard InChI is InChI=1S/C26H37N3O6S2.C19H26N2O6S3.C9H16O3.C2H3N.CH2O3.2K.H/c1-4-35-24(30)16-22-19-34-14-13-27(22)17-23-18-28(37(32,33)25-6-5-15-36-25)11-12-29(23)21-9-7-20(8-10-21)26(2,3)31;1-19(2,22)15-6-8-16(9-7-15)21-11-10-20(13-17(21)14-27-29(3,23)24)30(25,26)18-5-4-12-28-18;1-2-12-9(10)6-8-4-3-5-11-7-8;1-2-3;2-1-4-3;;;/h5-10,15,22-23,31H,4,11-14,16-19H2,1-3H3;4-9,12,17,22H,10-11,13-14H2,1-3H3;8H,2-7H2,1H3;1H3;1,3H;;;/q;;;;;2*+1;-1/p-1/t22?,23-;17-;;;;;;/m01....../s1. The van der Waals surface area contributed by atoms with Crippen LogP contribution in [0.25, 0.3) is 0 Å². The Labute approximate surface area is 614 Å². The topological polar surface area (TPSA) is 313 Å². The average molecular weight is 1380 g/mol. The van der Waals surface area contributed by atoms with Crippen LogP contribution < -0.4 is 118 Å². The third-order valence-corrected chi connectivity index (χ3v) is 21.0. The van der Waals surface area contributed by atoms with E-state index in [4.69, 9.17) is 38.4 Å². The maximum atomic E-state index is 13.4. The quantitative estimate of drug-likeness (QED) is 0.0262. The van der Waals surface area contributed by atoms with Crippen LogP contribution in [0, 0.1) is 17.2 Å². The Balaban J connectivity index is 0.000000679. The number of hydrogen-bond acceptors (Lipinski definition) is 24. The van der Waals surface area contributed by atoms with Gasteiger partial charge in [0.05, 0.1) is 81.5 Å². The maximum absolute atomic E-state index is 13.4. The number of nitriles is 1. The molecule has 4 fully saturated rings. The summed E-state index contributed by atoms with van der Waals surface area (Å²) in [6.45, 7) is 18.2. The fraction of sp³-hybridized carbons (Fsp3) is 0.579. The van der Waals surface area contributed by atoms with Crippen molar-refractivity contribution in [3.8, 4) is 6.07 Å². The van der Waals surface area contributed by atoms with Crippen LogP contribution in [0.1, 0.15) is 86.7 Å². The van der Waals surface area contributed by atoms with E-state index in [0.29, 0.717) is 82.2 Å². The van der Waals surface area contributed by atoms with Crippen LogP contribution in [0.5, 0.6) is 0 Å². The molecule has 31 heteroatoms. The molecule has 2 aromatic heterocycles. The van der Waals surface area contributed by atoms with E-state index in [9.17, 15) is 45.1 Å². The van der Waals surface area contributed by atoms with Crippen LogP contribution in [0.3, 0.4) is 0 Å². The summed E-state index contributed by atoms with van der Waals surface area (Å²) in [5.74, 6) is 0.0402. The molecule has 0 saturated carbocycles. The number of morpholine rings is 1. The maximum Gasteiger partial charge on any atom is 1.00 e. The molecule has 2 aromatic carbocycles. The van der Waals surface area contributed by atoms with Gasteiger partial charge in [-0.2, -0.15) is 22.3 Å². The van der Waals surface area contributed by atoms with Gasteiger partial charge >= 0.3 is 115 Å². The van der Waals surface area contributed by atoms with E-state index in [-0.39, 0.29) is 165 Å². The van der Waals surface area contributed by atoms with Gasteiger partial charge in [-0.25, -0.2) is 16.8 Å². The first-order valence-corrected chi connectivity index (χ1v) is 34.4. The molecule has 2 N–H and O–H groups in total. The molecule has 88 heavy (non-hydrogen) atoms. The van der Waals surface area contributed by atoms with E-state index in [0.717, 1.165) is 66.1 Å². The van der Waals surface area contributed by atoms with Crippen LogP contribution in [0.15, 0.2) is 92.0 Å². The third kappa shape index (κ3) is 27.2. The van der Waals surface area contributed by atoms with Gasteiger partial charge in [-0.3, -0.25) is 23.5 Å². The molecule has 4 aromatic rings. The van der Waals surface area contributed by atoms with Crippen molar-refractivity contribution in [1.82, 2.24) is 13.5 Å². The second-order valence-corrected chi connectivity index (χ2v) is 29.1. The summed E-state index contributed by atoms with van der Waals surface area (Å²) in [7, 11) is -10.9. The number of anilines is 2. The monoisotopic (exact) mass is 1380 g/mol. The van der Waals surface area contributed by atoms with Crippen LogP contribution in [0.4, 0.5) is 11.4 Å². The molecule has 24 nitrogen and oxygen atoms in total. The second kappa shape index (κ2) is 40.4. The Morgan fingerprint density at radius 1 is 0.716 bits per heavy atom. The van der Waals surface area contributed by atoms with Crippen molar-refractivity contribution < 1.29 is 187 Å². The summed E-state index contributed by atoms with van der Waals surface area (Å²) in [6, 6.07) is 22.7. The Morgan fingerprint density at radius 3 is 1.56 bits per heavy atom. The summed E-state index contributed by atoms with van der Waals surface area (Å²) in [6.07, 6.45) is 3.90. The van der Waals surface area contributed by atoms with Crippen molar-refractivity contribution in [2.75, 3.05) is 115 Å². The van der Waals surface area contributed by atoms with Gasteiger partial charge in [0, 0.05) is 89.9 Å². The normalized spacial score (nSPS) is 19.4. The number of hydrogen-bond donors (Lipinski definition) is 2. The van der Waals surface area contributed by atoms with Crippen LogP contribution >= 0.6 is 22.7 Å². The van der Waals surface area contributed by atoms with Gasteiger partial charge in [0.1, 0.15) is 8.42 Å². The Morgan fingerprint density at radius 2 is 1.16 bits per heavy atom. The van der Waals surface area contributed by atoms with Gasteiger partial charge in [0.15, 0.2) is 0 Å². The van der Waals surface area contributed by atoms with E-state index in [1.54, 1.807) is 92.2 Å². The van der Waals surface area contributed by atoms with Gasteiger partial charge in [-0.05, 0) is 119 Å². The zero-order valence-corrected chi connectivity index (χ0v) is 62.4. The van der Waals surface area contributed by atoms with Crippen molar-refractivity contribution in [1.29, 1.82) is 5.26 Å². The number of rotatable bonds is 20. The number of aliphatic hydroxyl groups is 2. The van der Waals surface area contributed by atoms with Gasteiger partial charge < -0.3 is 50.5 Å². The minimum absolute atomic E-state index is 0. The largest absolute Gasteiger partial charge is 1.00 e. The average Bonchev–Trinajstić information content (AvgIpc) is 2.02. The van der Waals surface area contributed by atoms with Gasteiger partial charge in [0.2, 0.25) is 0 Å². The third-order valence-electron chi connectivity index (χ3n) is 13.9. The first kappa shape index (κ1) is 82.2. The molecule has 4 aliphatic rings. The van der Waals surface area contributed by atoms with E-state index < -0.39 is 47.4 Å². The Bertz CT molecular complexity index is 3060. The van der Waals surface area contributed by atoms with E-state index >= 15 is 0 Å². The van der Waals surface area contributed by atoms with Crippen molar-refractivity contribution in [3.05, 3.63) is 94.7 Å². The molecular formula is C57H84K2N6O18S5. The SMILES string of the molecule is CC#N.CC(C)(O)c1ccc(N2CCN(S(=O)(=O)c3cccs3)C[C@@H]2COS(C)(=O)=O)cc1.CCOC(=O)CC1CCCOC1.CCOC(=O)CC1COCCN1C[C@H]1CN(S(=O)(=O)c2cccs2)CCN1c1ccc(C(C)(C)O)cc1.O=CO[O-].[H-].[K+].[K+]. The zero-order chi connectivity index (χ0) is 63.7. The number of ether oxygens (including phenoxy) is 4. The second-order valence-electron chi connectivity index (χ2n) is 21.2. The number of benzene rings is 2. The van der Waals surface area contributed by atoms with Gasteiger partial charge in [0.25, 0.3) is 36.6 Å². The molecule has 6 heterocycles. The Kier molecular flexibility index (Phi) is 37.7. The fourth-order valence-electron chi connectivity index (χ4n) is 9.69. The smallest absolute Gasteiger partial charge is 1.00 e. The summed E-state index contributed by atoms with van der Waals surface area (Å²) in [4.78, 5) is 40.9. The number of carbonyl (C=O) groups excluding carboxylic acids is 3. The zero-order valence-electron chi connectivity index (χ0n) is 53.1. The van der Waals surface area contributed by atoms with Crippen LogP contribution in [-0.4, -0.2) is 190 Å². The molecular weight excluding hydrogens is 1300 g/mol. The number of esters is 2. The molecule has 0 bridgehead atoms. The van der Waals surface area contributed by atoms with Gasteiger partial charge in [-0.1, -0.05) is 36.4 Å². The predicted molar refractivity (Wildman–Crippen MR) is 324 cm³/mol. The van der Waals surface area contributed by atoms with Crippen LogP contribution in [0.2, 0.25) is 0 Å². The molecule has 482 valence electrons. The number of carbonyl (C=O) groups is 3. The minimum atomic E-state index is -3.68. The first-order valence-electron chi connectivity index (χ1n) is 28.0. The molecule has 0 spiro atoms. The number of nitrogens with zero attached hydrogens (tertiary/aromatic N) is 6. The van der Waals surface area contributed by atoms with E-state index in [2.05, 4.69) is 14.7 Å². The molecule has 2 unspecified atom stereocenters. The number of piperazine rings is 2. The van der Waals surface area contributed by atoms with E-state index in [1.165, 1.54) is 22.6 Å². The Hall–Kier alpha value is -1.90. The van der Waals surface area contributed by atoms with Crippen molar-refractivity contribution in [2.24, 2.45) is 5.92 Å². The molecule has 4 saturated heterocycles. The molecule has 4 atom stereocenters. The van der Waals surface area contributed by atoms with E-state index in [1.807, 2.05) is 48.2 Å². The summed E-state index contributed by atoms with van der Waals surface area (Å²) < 4.78 is 105. The van der Waals surface area contributed by atoms with Crippen molar-refractivity contribution >= 4 is 82.6 Å². The van der Waals surface area contributed by atoms with Gasteiger partial charge in [-0.15, -0.1) is 22.7 Å². The predicted octanol–water partition coefficient (Wildman–Crippen LogP) is -1.21. The van der Waals surface area contributed by atoms with Crippen molar-refractivity contribution in [3.63, 3.8) is 0 Å². The molecule has 0 amide bonds.